The zero-order valence-corrected chi connectivity index (χ0v) is 7.91. The number of nitrogens with two attached hydrogens (primary N) is 1. The molecule has 76 valence electrons. The monoisotopic (exact) mass is 186 g/mol. The molecule has 1 aliphatic rings. The molecule has 0 spiro atoms. The highest BCUT2D eigenvalue weighted by molar-refractivity contribution is 5.76. The van der Waals surface area contributed by atoms with Crippen LogP contribution in [0.3, 0.4) is 0 Å². The van der Waals surface area contributed by atoms with E-state index in [2.05, 4.69) is 0 Å². The summed E-state index contributed by atoms with van der Waals surface area (Å²) in [5, 5.41) is 8.90. The summed E-state index contributed by atoms with van der Waals surface area (Å²) in [7, 11) is 0. The number of carbonyl (C=O) groups is 1. The lowest BCUT2D eigenvalue weighted by Gasteiger charge is -2.31. The Labute approximate surface area is 78.7 Å². The SMILES string of the molecule is NCCC(=O)N1CCC(CO)CC1. The molecule has 3 N–H and O–H groups in total. The fraction of sp³-hybridized carbons (Fsp3) is 0.889. The highest BCUT2D eigenvalue weighted by atomic mass is 16.3. The zero-order valence-electron chi connectivity index (χ0n) is 7.91. The van der Waals surface area contributed by atoms with Crippen molar-refractivity contribution >= 4 is 5.91 Å². The molecular formula is C9H18N2O2. The van der Waals surface area contributed by atoms with Crippen molar-refractivity contribution in [3.05, 3.63) is 0 Å². The molecule has 0 bridgehead atoms. The van der Waals surface area contributed by atoms with Gasteiger partial charge in [-0.05, 0) is 18.8 Å². The Kier molecular flexibility index (Phi) is 4.18. The third kappa shape index (κ3) is 2.97. The molecule has 1 saturated heterocycles. The average molecular weight is 186 g/mol. The summed E-state index contributed by atoms with van der Waals surface area (Å²) in [6.07, 6.45) is 2.30. The third-order valence-corrected chi connectivity index (χ3v) is 2.58. The summed E-state index contributed by atoms with van der Waals surface area (Å²) < 4.78 is 0. The summed E-state index contributed by atoms with van der Waals surface area (Å²) in [6, 6.07) is 0. The van der Waals surface area contributed by atoms with Crippen LogP contribution in [-0.4, -0.2) is 42.2 Å². The van der Waals surface area contributed by atoms with Gasteiger partial charge in [0.25, 0.3) is 0 Å². The molecule has 0 atom stereocenters. The van der Waals surface area contributed by atoms with Gasteiger partial charge in [-0.15, -0.1) is 0 Å². The largest absolute Gasteiger partial charge is 0.396 e. The molecule has 1 aliphatic heterocycles. The topological polar surface area (TPSA) is 66.6 Å². The lowest BCUT2D eigenvalue weighted by molar-refractivity contribution is -0.132. The number of hydrogen-bond donors (Lipinski definition) is 2. The molecule has 0 unspecified atom stereocenters. The Bertz CT molecular complexity index is 165. The summed E-state index contributed by atoms with van der Waals surface area (Å²) in [6.45, 7) is 2.24. The molecule has 0 radical (unpaired) electrons. The summed E-state index contributed by atoms with van der Waals surface area (Å²) in [5.41, 5.74) is 5.30. The molecule has 0 aromatic heterocycles. The maximum atomic E-state index is 11.4. The molecule has 4 nitrogen and oxygen atoms in total. The van der Waals surface area contributed by atoms with E-state index in [0.29, 0.717) is 18.9 Å². The maximum absolute atomic E-state index is 11.4. The minimum atomic E-state index is 0.152. The summed E-state index contributed by atoms with van der Waals surface area (Å²) in [5.74, 6) is 0.542. The second-order valence-corrected chi connectivity index (χ2v) is 3.55. The molecule has 4 heteroatoms. The average Bonchev–Trinajstić information content (AvgIpc) is 2.18. The van der Waals surface area contributed by atoms with Crippen molar-refractivity contribution in [1.82, 2.24) is 4.90 Å². The molecule has 0 aliphatic carbocycles. The maximum Gasteiger partial charge on any atom is 0.223 e. The molecule has 1 heterocycles. The quantitative estimate of drug-likeness (QED) is 0.628. The van der Waals surface area contributed by atoms with Crippen molar-refractivity contribution in [3.8, 4) is 0 Å². The van der Waals surface area contributed by atoms with Crippen LogP contribution in [0.15, 0.2) is 0 Å². The van der Waals surface area contributed by atoms with E-state index in [1.54, 1.807) is 0 Å². The Morgan fingerprint density at radius 1 is 1.46 bits per heavy atom. The van der Waals surface area contributed by atoms with Gasteiger partial charge >= 0.3 is 0 Å². The van der Waals surface area contributed by atoms with E-state index in [9.17, 15) is 4.79 Å². The first kappa shape index (κ1) is 10.5. The number of rotatable bonds is 3. The second-order valence-electron chi connectivity index (χ2n) is 3.55. The first-order valence-corrected chi connectivity index (χ1v) is 4.86. The van der Waals surface area contributed by atoms with E-state index in [4.69, 9.17) is 10.8 Å². The van der Waals surface area contributed by atoms with E-state index in [-0.39, 0.29) is 12.5 Å². The normalized spacial score (nSPS) is 19.1. The van der Waals surface area contributed by atoms with Crippen LogP contribution in [0.25, 0.3) is 0 Å². The van der Waals surface area contributed by atoms with E-state index in [0.717, 1.165) is 25.9 Å². The van der Waals surface area contributed by atoms with Crippen LogP contribution in [0.5, 0.6) is 0 Å². The second kappa shape index (κ2) is 5.19. The molecule has 0 aromatic rings. The van der Waals surface area contributed by atoms with E-state index < -0.39 is 0 Å². The number of carbonyl (C=O) groups excluding carboxylic acids is 1. The van der Waals surface area contributed by atoms with Crippen LogP contribution >= 0.6 is 0 Å². The van der Waals surface area contributed by atoms with Crippen LogP contribution in [0.4, 0.5) is 0 Å². The summed E-state index contributed by atoms with van der Waals surface area (Å²) >= 11 is 0. The first-order chi connectivity index (χ1) is 6.27. The Morgan fingerprint density at radius 2 is 2.08 bits per heavy atom. The fourth-order valence-corrected chi connectivity index (χ4v) is 1.65. The van der Waals surface area contributed by atoms with Gasteiger partial charge in [0.05, 0.1) is 0 Å². The van der Waals surface area contributed by atoms with Gasteiger partial charge in [-0.3, -0.25) is 4.79 Å². The number of likely N-dealkylation sites (tertiary alicyclic amines) is 1. The van der Waals surface area contributed by atoms with Crippen molar-refractivity contribution in [2.24, 2.45) is 11.7 Å². The lowest BCUT2D eigenvalue weighted by Crippen LogP contribution is -2.39. The van der Waals surface area contributed by atoms with E-state index >= 15 is 0 Å². The molecule has 1 fully saturated rings. The number of piperidine rings is 1. The van der Waals surface area contributed by atoms with Crippen molar-refractivity contribution in [2.75, 3.05) is 26.2 Å². The number of amides is 1. The predicted octanol–water partition coefficient (Wildman–Crippen LogP) is -0.434. The minimum Gasteiger partial charge on any atom is -0.396 e. The minimum absolute atomic E-state index is 0.152. The van der Waals surface area contributed by atoms with Gasteiger partial charge in [0.15, 0.2) is 0 Å². The Morgan fingerprint density at radius 3 is 2.54 bits per heavy atom. The summed E-state index contributed by atoms with van der Waals surface area (Å²) in [4.78, 5) is 13.2. The molecular weight excluding hydrogens is 168 g/mol. The van der Waals surface area contributed by atoms with Gasteiger partial charge < -0.3 is 15.7 Å². The van der Waals surface area contributed by atoms with Crippen LogP contribution in [0.1, 0.15) is 19.3 Å². The van der Waals surface area contributed by atoms with E-state index in [1.165, 1.54) is 0 Å². The van der Waals surface area contributed by atoms with Gasteiger partial charge in [-0.2, -0.15) is 0 Å². The highest BCUT2D eigenvalue weighted by Crippen LogP contribution is 2.16. The van der Waals surface area contributed by atoms with Crippen LogP contribution in [0, 0.1) is 5.92 Å². The van der Waals surface area contributed by atoms with Crippen molar-refractivity contribution in [1.29, 1.82) is 0 Å². The number of aliphatic hydroxyl groups excluding tert-OH is 1. The van der Waals surface area contributed by atoms with Gasteiger partial charge in [-0.1, -0.05) is 0 Å². The number of aliphatic hydroxyl groups is 1. The fourth-order valence-electron chi connectivity index (χ4n) is 1.65. The van der Waals surface area contributed by atoms with Crippen molar-refractivity contribution < 1.29 is 9.90 Å². The standard InChI is InChI=1S/C9H18N2O2/c10-4-1-9(13)11-5-2-8(7-12)3-6-11/h8,12H,1-7,10H2. The molecule has 13 heavy (non-hydrogen) atoms. The van der Waals surface area contributed by atoms with Crippen molar-refractivity contribution in [2.45, 2.75) is 19.3 Å². The highest BCUT2D eigenvalue weighted by Gasteiger charge is 2.21. The van der Waals surface area contributed by atoms with Gasteiger partial charge in [-0.25, -0.2) is 0 Å². The smallest absolute Gasteiger partial charge is 0.223 e. The zero-order chi connectivity index (χ0) is 9.68. The van der Waals surface area contributed by atoms with Crippen molar-refractivity contribution in [3.63, 3.8) is 0 Å². The molecule has 0 aromatic carbocycles. The van der Waals surface area contributed by atoms with Gasteiger partial charge in [0.2, 0.25) is 5.91 Å². The first-order valence-electron chi connectivity index (χ1n) is 4.86. The number of hydrogen-bond acceptors (Lipinski definition) is 3. The van der Waals surface area contributed by atoms with E-state index in [1.807, 2.05) is 4.90 Å². The Balaban J connectivity index is 2.28. The number of nitrogens with zero attached hydrogens (tertiary/aromatic N) is 1. The predicted molar refractivity (Wildman–Crippen MR) is 50.1 cm³/mol. The molecule has 1 rings (SSSR count). The van der Waals surface area contributed by atoms with Gasteiger partial charge in [0, 0.05) is 32.7 Å². The Hall–Kier alpha value is -0.610. The third-order valence-electron chi connectivity index (χ3n) is 2.58. The van der Waals surface area contributed by atoms with Gasteiger partial charge in [0.1, 0.15) is 0 Å². The lowest BCUT2D eigenvalue weighted by atomic mass is 9.98. The molecule has 0 saturated carbocycles. The van der Waals surface area contributed by atoms with Crippen LogP contribution in [0.2, 0.25) is 0 Å². The molecule has 1 amide bonds. The van der Waals surface area contributed by atoms with Crippen LogP contribution in [-0.2, 0) is 4.79 Å². The van der Waals surface area contributed by atoms with Crippen LogP contribution < -0.4 is 5.73 Å².